The maximum Gasteiger partial charge on any atom is 0.427 e. The molecular formula is C16H10ClF3N2O. The van der Waals surface area contributed by atoms with E-state index >= 15 is 0 Å². The zero-order valence-electron chi connectivity index (χ0n) is 11.6. The lowest BCUT2D eigenvalue weighted by atomic mass is 9.86. The van der Waals surface area contributed by atoms with Crippen molar-refractivity contribution in [3.63, 3.8) is 0 Å². The number of rotatable bonds is 0. The molecule has 2 N–H and O–H groups in total. The van der Waals surface area contributed by atoms with Crippen LogP contribution >= 0.6 is 11.6 Å². The number of carbonyl (C=O) groups excluding carboxylic acids is 1. The largest absolute Gasteiger partial charge is 0.427 e. The number of urea groups is 1. The predicted molar refractivity (Wildman–Crippen MR) is 79.6 cm³/mol. The zero-order chi connectivity index (χ0) is 16.7. The van der Waals surface area contributed by atoms with E-state index in [2.05, 4.69) is 29.0 Å². The molecule has 0 radical (unpaired) electrons. The molecule has 1 unspecified atom stereocenters. The molecule has 3 nitrogen and oxygen atoms in total. The van der Waals surface area contributed by atoms with E-state index < -0.39 is 17.7 Å². The van der Waals surface area contributed by atoms with E-state index in [4.69, 9.17) is 11.6 Å². The molecule has 3 rings (SSSR count). The fraction of sp³-hybridized carbons (Fsp3) is 0.312. The van der Waals surface area contributed by atoms with E-state index in [-0.39, 0.29) is 22.2 Å². The van der Waals surface area contributed by atoms with E-state index in [0.29, 0.717) is 0 Å². The minimum atomic E-state index is -4.83. The Labute approximate surface area is 135 Å². The summed E-state index contributed by atoms with van der Waals surface area (Å²) in [5.41, 5.74) is -3.08. The molecule has 2 amide bonds. The molecule has 0 saturated heterocycles. The second-order valence-corrected chi connectivity index (χ2v) is 5.75. The lowest BCUT2D eigenvalue weighted by Gasteiger charge is -2.37. The van der Waals surface area contributed by atoms with Gasteiger partial charge in [0.2, 0.25) is 5.54 Å². The third kappa shape index (κ3) is 2.95. The number of nitrogens with one attached hydrogen (secondary N) is 2. The summed E-state index contributed by atoms with van der Waals surface area (Å²) in [4.78, 5) is 11.7. The van der Waals surface area contributed by atoms with Crippen LogP contribution in [0, 0.1) is 29.6 Å². The van der Waals surface area contributed by atoms with Gasteiger partial charge in [0.1, 0.15) is 0 Å². The average molecular weight is 339 g/mol. The van der Waals surface area contributed by atoms with Gasteiger partial charge in [0.25, 0.3) is 0 Å². The molecule has 1 atom stereocenters. The fourth-order valence-electron chi connectivity index (χ4n) is 2.21. The predicted octanol–water partition coefficient (Wildman–Crippen LogP) is 3.65. The molecule has 23 heavy (non-hydrogen) atoms. The number of fused-ring (bicyclic) bond motifs is 1. The van der Waals surface area contributed by atoms with Crippen LogP contribution < -0.4 is 10.6 Å². The van der Waals surface area contributed by atoms with Gasteiger partial charge in [-0.3, -0.25) is 0 Å². The van der Waals surface area contributed by atoms with Crippen molar-refractivity contribution in [2.24, 2.45) is 5.92 Å². The van der Waals surface area contributed by atoms with Gasteiger partial charge in [-0.2, -0.15) is 13.2 Å². The Morgan fingerprint density at radius 3 is 2.65 bits per heavy atom. The van der Waals surface area contributed by atoms with Gasteiger partial charge < -0.3 is 10.6 Å². The maximum atomic E-state index is 13.7. The number of hydrogen-bond acceptors (Lipinski definition) is 1. The highest BCUT2D eigenvalue weighted by molar-refractivity contribution is 6.30. The van der Waals surface area contributed by atoms with Crippen molar-refractivity contribution >= 4 is 23.3 Å². The summed E-state index contributed by atoms with van der Waals surface area (Å²) >= 11 is 5.82. The van der Waals surface area contributed by atoms with Crippen LogP contribution in [0.1, 0.15) is 18.4 Å². The summed E-state index contributed by atoms with van der Waals surface area (Å²) in [6.45, 7) is 0. The zero-order valence-corrected chi connectivity index (χ0v) is 12.4. The first kappa shape index (κ1) is 15.6. The SMILES string of the molecule is O=C1Nc2ccc(Cl)cc2C(C#CC#CC2CC2)(C(F)(F)F)N1. The molecule has 1 aliphatic carbocycles. The lowest BCUT2D eigenvalue weighted by Crippen LogP contribution is -2.59. The molecule has 1 aromatic rings. The van der Waals surface area contributed by atoms with Crippen molar-refractivity contribution in [3.05, 3.63) is 28.8 Å². The first-order chi connectivity index (χ1) is 10.8. The maximum absolute atomic E-state index is 13.7. The standard InChI is InChI=1S/C16H10ClF3N2O/c17-11-6-7-13-12(9-11)15(16(18,19)20,22-14(23)21-13)8-2-1-3-10-4-5-10/h6-7,9-10H,4-5H2,(H2,21,22,23). The van der Waals surface area contributed by atoms with Gasteiger partial charge >= 0.3 is 12.2 Å². The Morgan fingerprint density at radius 1 is 1.26 bits per heavy atom. The third-order valence-corrected chi connectivity index (χ3v) is 3.76. The fourth-order valence-corrected chi connectivity index (χ4v) is 2.38. The molecule has 1 aliphatic heterocycles. The highest BCUT2D eigenvalue weighted by Crippen LogP contribution is 2.44. The molecule has 1 heterocycles. The van der Waals surface area contributed by atoms with Gasteiger partial charge in [-0.1, -0.05) is 17.5 Å². The Balaban J connectivity index is 2.14. The Bertz CT molecular complexity index is 794. The normalized spacial score (nSPS) is 22.5. The number of halogens is 4. The first-order valence-corrected chi connectivity index (χ1v) is 7.18. The van der Waals surface area contributed by atoms with E-state index in [9.17, 15) is 18.0 Å². The van der Waals surface area contributed by atoms with Gasteiger partial charge in [-0.25, -0.2) is 4.79 Å². The summed E-state index contributed by atoms with van der Waals surface area (Å²) in [5.74, 6) is 9.75. The topological polar surface area (TPSA) is 41.1 Å². The van der Waals surface area contributed by atoms with Crippen LogP contribution in [-0.2, 0) is 5.54 Å². The van der Waals surface area contributed by atoms with Crippen LogP contribution in [-0.4, -0.2) is 12.2 Å². The Morgan fingerprint density at radius 2 is 2.00 bits per heavy atom. The van der Waals surface area contributed by atoms with Gasteiger partial charge in [0.15, 0.2) is 0 Å². The van der Waals surface area contributed by atoms with Crippen molar-refractivity contribution in [2.75, 3.05) is 5.32 Å². The van der Waals surface area contributed by atoms with Crippen molar-refractivity contribution in [3.8, 4) is 23.7 Å². The van der Waals surface area contributed by atoms with E-state index in [1.54, 1.807) is 0 Å². The second-order valence-electron chi connectivity index (χ2n) is 5.31. The van der Waals surface area contributed by atoms with Gasteiger partial charge in [-0.05, 0) is 48.8 Å². The van der Waals surface area contributed by atoms with Crippen molar-refractivity contribution < 1.29 is 18.0 Å². The summed E-state index contributed by atoms with van der Waals surface area (Å²) < 4.78 is 41.2. The molecular weight excluding hydrogens is 329 g/mol. The number of alkyl halides is 3. The molecule has 0 bridgehead atoms. The van der Waals surface area contributed by atoms with Crippen LogP contribution in [0.3, 0.4) is 0 Å². The average Bonchev–Trinajstić information content (AvgIpc) is 3.27. The third-order valence-electron chi connectivity index (χ3n) is 3.53. The monoisotopic (exact) mass is 338 g/mol. The highest BCUT2D eigenvalue weighted by atomic mass is 35.5. The van der Waals surface area contributed by atoms with Crippen molar-refractivity contribution in [2.45, 2.75) is 24.6 Å². The van der Waals surface area contributed by atoms with E-state index in [0.717, 1.165) is 18.9 Å². The van der Waals surface area contributed by atoms with Crippen LogP contribution in [0.25, 0.3) is 0 Å². The van der Waals surface area contributed by atoms with Crippen LogP contribution in [0.2, 0.25) is 5.02 Å². The number of hydrogen-bond donors (Lipinski definition) is 2. The van der Waals surface area contributed by atoms with Crippen LogP contribution in [0.15, 0.2) is 18.2 Å². The first-order valence-electron chi connectivity index (χ1n) is 6.80. The second kappa shape index (κ2) is 5.40. The van der Waals surface area contributed by atoms with Crippen molar-refractivity contribution in [1.29, 1.82) is 0 Å². The molecule has 1 saturated carbocycles. The van der Waals surface area contributed by atoms with Crippen LogP contribution in [0.4, 0.5) is 23.7 Å². The Kier molecular flexibility index (Phi) is 3.66. The highest BCUT2D eigenvalue weighted by Gasteiger charge is 2.59. The summed E-state index contributed by atoms with van der Waals surface area (Å²) in [7, 11) is 0. The van der Waals surface area contributed by atoms with E-state index in [1.165, 1.54) is 12.1 Å². The number of anilines is 1. The molecule has 0 spiro atoms. The molecule has 7 heteroatoms. The van der Waals surface area contributed by atoms with Crippen molar-refractivity contribution in [1.82, 2.24) is 5.32 Å². The van der Waals surface area contributed by atoms with Gasteiger partial charge in [0.05, 0.1) is 0 Å². The quantitative estimate of drug-likeness (QED) is 0.697. The Hall–Kier alpha value is -2.31. The number of carbonyl (C=O) groups is 1. The summed E-state index contributed by atoms with van der Waals surface area (Å²) in [6.07, 6.45) is -2.95. The van der Waals surface area contributed by atoms with Crippen LogP contribution in [0.5, 0.6) is 0 Å². The number of benzene rings is 1. The molecule has 0 aromatic heterocycles. The molecule has 2 aliphatic rings. The minimum absolute atomic E-state index is 0.0138. The van der Waals surface area contributed by atoms with Gasteiger partial charge in [0, 0.05) is 22.2 Å². The summed E-state index contributed by atoms with van der Waals surface area (Å²) in [5, 5.41) is 4.31. The minimum Gasteiger partial charge on any atom is -0.310 e. The van der Waals surface area contributed by atoms with Gasteiger partial charge in [-0.15, -0.1) is 0 Å². The lowest BCUT2D eigenvalue weighted by molar-refractivity contribution is -0.178. The smallest absolute Gasteiger partial charge is 0.310 e. The summed E-state index contributed by atoms with van der Waals surface area (Å²) in [6, 6.07) is 2.86. The molecule has 1 fully saturated rings. The van der Waals surface area contributed by atoms with E-state index in [1.807, 2.05) is 5.32 Å². The molecule has 1 aromatic carbocycles. The molecule has 118 valence electrons. The number of amides is 2.